The van der Waals surface area contributed by atoms with Crippen molar-refractivity contribution in [1.29, 1.82) is 0 Å². The van der Waals surface area contributed by atoms with Crippen molar-refractivity contribution in [2.24, 2.45) is 5.73 Å². The maximum atomic E-state index is 6.23. The molecule has 0 heterocycles. The molecule has 0 amide bonds. The molecule has 1 aliphatic rings. The van der Waals surface area contributed by atoms with E-state index in [4.69, 9.17) is 5.73 Å². The van der Waals surface area contributed by atoms with Crippen LogP contribution in [-0.4, -0.2) is 6.04 Å². The molecule has 2 N–H and O–H groups in total. The Morgan fingerprint density at radius 2 is 2.06 bits per heavy atom. The Labute approximate surface area is 98.4 Å². The number of nitrogens with two attached hydrogens (primary N) is 1. The van der Waals surface area contributed by atoms with Gasteiger partial charge in [-0.3, -0.25) is 0 Å². The summed E-state index contributed by atoms with van der Waals surface area (Å²) in [6.07, 6.45) is 7.01. The molecule has 0 aromatic heterocycles. The molecule has 2 rings (SSSR count). The Morgan fingerprint density at radius 1 is 1.25 bits per heavy atom. The molecular formula is C15H21N. The summed E-state index contributed by atoms with van der Waals surface area (Å²) >= 11 is 0. The van der Waals surface area contributed by atoms with Gasteiger partial charge < -0.3 is 5.73 Å². The number of rotatable bonds is 3. The molecule has 1 aromatic carbocycles. The summed E-state index contributed by atoms with van der Waals surface area (Å²) in [4.78, 5) is 0. The van der Waals surface area contributed by atoms with E-state index < -0.39 is 0 Å². The molecule has 0 fully saturated rings. The van der Waals surface area contributed by atoms with Gasteiger partial charge in [0.05, 0.1) is 0 Å². The van der Waals surface area contributed by atoms with Gasteiger partial charge in [0.25, 0.3) is 0 Å². The summed E-state index contributed by atoms with van der Waals surface area (Å²) in [5.41, 5.74) is 11.8. The van der Waals surface area contributed by atoms with E-state index >= 15 is 0 Å². The number of hydrogen-bond donors (Lipinski definition) is 1. The van der Waals surface area contributed by atoms with Gasteiger partial charge in [-0.1, -0.05) is 29.8 Å². The van der Waals surface area contributed by atoms with Crippen molar-refractivity contribution >= 4 is 0 Å². The second-order valence-electron chi connectivity index (χ2n) is 4.90. The lowest BCUT2D eigenvalue weighted by Crippen LogP contribution is -2.24. The molecule has 0 spiro atoms. The van der Waals surface area contributed by atoms with Gasteiger partial charge in [-0.25, -0.2) is 0 Å². The number of allylic oxidation sites excluding steroid dienone is 1. The number of benzene rings is 1. The lowest BCUT2D eigenvalue weighted by Gasteiger charge is -2.14. The Kier molecular flexibility index (Phi) is 3.45. The molecule has 16 heavy (non-hydrogen) atoms. The van der Waals surface area contributed by atoms with E-state index in [0.717, 1.165) is 6.42 Å². The van der Waals surface area contributed by atoms with E-state index in [1.807, 2.05) is 0 Å². The third-order valence-corrected chi connectivity index (χ3v) is 3.58. The highest BCUT2D eigenvalue weighted by Crippen LogP contribution is 2.22. The average molecular weight is 215 g/mol. The van der Waals surface area contributed by atoms with Crippen LogP contribution in [0, 0.1) is 13.8 Å². The van der Waals surface area contributed by atoms with Gasteiger partial charge in [0.2, 0.25) is 0 Å². The van der Waals surface area contributed by atoms with Crippen molar-refractivity contribution in [1.82, 2.24) is 0 Å². The van der Waals surface area contributed by atoms with Gasteiger partial charge in [-0.05, 0) is 56.2 Å². The fourth-order valence-corrected chi connectivity index (χ4v) is 2.35. The third-order valence-electron chi connectivity index (χ3n) is 3.58. The SMILES string of the molecule is Cc1ccc(CC(N)C2=CCCC2)cc1C. The van der Waals surface area contributed by atoms with Crippen LogP contribution >= 0.6 is 0 Å². The fraction of sp³-hybridized carbons (Fsp3) is 0.467. The topological polar surface area (TPSA) is 26.0 Å². The number of hydrogen-bond acceptors (Lipinski definition) is 1. The summed E-state index contributed by atoms with van der Waals surface area (Å²) < 4.78 is 0. The molecule has 1 unspecified atom stereocenters. The zero-order valence-corrected chi connectivity index (χ0v) is 10.3. The smallest absolute Gasteiger partial charge is 0.0294 e. The van der Waals surface area contributed by atoms with Gasteiger partial charge in [0.15, 0.2) is 0 Å². The minimum Gasteiger partial charge on any atom is -0.324 e. The molecule has 0 aliphatic heterocycles. The number of aryl methyl sites for hydroxylation is 2. The van der Waals surface area contributed by atoms with Crippen LogP contribution in [0.4, 0.5) is 0 Å². The predicted molar refractivity (Wildman–Crippen MR) is 69.5 cm³/mol. The van der Waals surface area contributed by atoms with Gasteiger partial charge in [0.1, 0.15) is 0 Å². The lowest BCUT2D eigenvalue weighted by atomic mass is 9.97. The van der Waals surface area contributed by atoms with E-state index in [1.54, 1.807) is 0 Å². The van der Waals surface area contributed by atoms with E-state index in [-0.39, 0.29) is 6.04 Å². The third kappa shape index (κ3) is 2.53. The Bertz CT molecular complexity index is 404. The van der Waals surface area contributed by atoms with Crippen molar-refractivity contribution in [3.8, 4) is 0 Å². The normalized spacial score (nSPS) is 17.3. The quantitative estimate of drug-likeness (QED) is 0.769. The summed E-state index contributed by atoms with van der Waals surface area (Å²) in [7, 11) is 0. The van der Waals surface area contributed by atoms with Gasteiger partial charge >= 0.3 is 0 Å². The fourth-order valence-electron chi connectivity index (χ4n) is 2.35. The molecule has 86 valence electrons. The Hall–Kier alpha value is -1.08. The van der Waals surface area contributed by atoms with E-state index in [1.165, 1.54) is 41.5 Å². The lowest BCUT2D eigenvalue weighted by molar-refractivity contribution is 0.728. The first-order valence-electron chi connectivity index (χ1n) is 6.17. The van der Waals surface area contributed by atoms with Crippen molar-refractivity contribution in [3.05, 3.63) is 46.5 Å². The van der Waals surface area contributed by atoms with Crippen molar-refractivity contribution in [3.63, 3.8) is 0 Å². The maximum Gasteiger partial charge on any atom is 0.0294 e. The molecule has 1 heteroatoms. The highest BCUT2D eigenvalue weighted by atomic mass is 14.6. The van der Waals surface area contributed by atoms with Gasteiger partial charge in [-0.15, -0.1) is 0 Å². The van der Waals surface area contributed by atoms with Crippen LogP contribution in [0.25, 0.3) is 0 Å². The summed E-state index contributed by atoms with van der Waals surface area (Å²) in [6, 6.07) is 6.90. The second-order valence-corrected chi connectivity index (χ2v) is 4.90. The monoisotopic (exact) mass is 215 g/mol. The molecule has 1 aliphatic carbocycles. The summed E-state index contributed by atoms with van der Waals surface area (Å²) in [5.74, 6) is 0. The summed E-state index contributed by atoms with van der Waals surface area (Å²) in [6.45, 7) is 4.32. The van der Waals surface area contributed by atoms with Gasteiger partial charge in [-0.2, -0.15) is 0 Å². The van der Waals surface area contributed by atoms with Crippen LogP contribution in [0.2, 0.25) is 0 Å². The first-order chi connectivity index (χ1) is 7.66. The minimum atomic E-state index is 0.226. The highest BCUT2D eigenvalue weighted by molar-refractivity contribution is 5.31. The minimum absolute atomic E-state index is 0.226. The van der Waals surface area contributed by atoms with E-state index in [9.17, 15) is 0 Å². The maximum absolute atomic E-state index is 6.23. The summed E-state index contributed by atoms with van der Waals surface area (Å²) in [5, 5.41) is 0. The zero-order chi connectivity index (χ0) is 11.5. The van der Waals surface area contributed by atoms with E-state index in [2.05, 4.69) is 38.1 Å². The molecule has 1 aromatic rings. The van der Waals surface area contributed by atoms with Crippen molar-refractivity contribution in [2.45, 2.75) is 45.6 Å². The molecular weight excluding hydrogens is 194 g/mol. The van der Waals surface area contributed by atoms with Gasteiger partial charge in [0, 0.05) is 6.04 Å². The van der Waals surface area contributed by atoms with Crippen LogP contribution in [0.15, 0.2) is 29.8 Å². The van der Waals surface area contributed by atoms with Crippen LogP contribution in [0.3, 0.4) is 0 Å². The van der Waals surface area contributed by atoms with Crippen molar-refractivity contribution in [2.75, 3.05) is 0 Å². The molecule has 0 bridgehead atoms. The molecule has 1 atom stereocenters. The average Bonchev–Trinajstić information content (AvgIpc) is 2.77. The second kappa shape index (κ2) is 4.84. The van der Waals surface area contributed by atoms with Crippen molar-refractivity contribution < 1.29 is 0 Å². The van der Waals surface area contributed by atoms with Crippen LogP contribution in [-0.2, 0) is 6.42 Å². The standard InChI is InChI=1S/C15H21N/c1-11-7-8-13(9-12(11)2)10-15(16)14-5-3-4-6-14/h5,7-9,15H,3-4,6,10,16H2,1-2H3. The highest BCUT2D eigenvalue weighted by Gasteiger charge is 2.13. The molecule has 0 saturated heterocycles. The molecule has 0 saturated carbocycles. The van der Waals surface area contributed by atoms with Crippen LogP contribution < -0.4 is 5.73 Å². The van der Waals surface area contributed by atoms with E-state index in [0.29, 0.717) is 0 Å². The molecule has 1 nitrogen and oxygen atoms in total. The Morgan fingerprint density at radius 3 is 2.69 bits per heavy atom. The van der Waals surface area contributed by atoms with Crippen LogP contribution in [0.5, 0.6) is 0 Å². The first kappa shape index (κ1) is 11.4. The largest absolute Gasteiger partial charge is 0.324 e. The van der Waals surface area contributed by atoms with Crippen LogP contribution in [0.1, 0.15) is 36.0 Å². The molecule has 0 radical (unpaired) electrons. The zero-order valence-electron chi connectivity index (χ0n) is 10.3. The first-order valence-corrected chi connectivity index (χ1v) is 6.17. The predicted octanol–water partition coefficient (Wildman–Crippen LogP) is 3.28. The Balaban J connectivity index is 2.05.